The molecular formula is C11H10N3O3+. The zero-order valence-electron chi connectivity index (χ0n) is 9.00. The summed E-state index contributed by atoms with van der Waals surface area (Å²) in [5.41, 5.74) is 0.0284. The molecular weight excluding hydrogens is 222 g/mol. The Kier molecular flexibility index (Phi) is 4.46. The number of nitro benzene ring substituents is 1. The van der Waals surface area contributed by atoms with E-state index in [-0.39, 0.29) is 17.1 Å². The van der Waals surface area contributed by atoms with E-state index in [1.165, 1.54) is 18.2 Å². The molecule has 6 nitrogen and oxygen atoms in total. The van der Waals surface area contributed by atoms with Crippen LogP contribution in [0.25, 0.3) is 4.98 Å². The van der Waals surface area contributed by atoms with Gasteiger partial charge in [0.2, 0.25) is 11.1 Å². The Hall–Kier alpha value is -2.60. The van der Waals surface area contributed by atoms with Crippen molar-refractivity contribution in [2.45, 2.75) is 12.8 Å². The number of nitrogens with zero attached hydrogens (tertiary/aromatic N) is 3. The third-order valence-electron chi connectivity index (χ3n) is 1.98. The van der Waals surface area contributed by atoms with E-state index < -0.39 is 4.92 Å². The largest absolute Gasteiger partial charge is 0.486 e. The predicted octanol–water partition coefficient (Wildman–Crippen LogP) is 2.87. The van der Waals surface area contributed by atoms with E-state index in [0.29, 0.717) is 19.4 Å². The Morgan fingerprint density at radius 3 is 2.94 bits per heavy atom. The normalized spacial score (nSPS) is 9.06. The summed E-state index contributed by atoms with van der Waals surface area (Å²) in [6.07, 6.45) is 6.26. The highest BCUT2D eigenvalue weighted by atomic mass is 16.6. The lowest BCUT2D eigenvalue weighted by molar-refractivity contribution is -0.384. The van der Waals surface area contributed by atoms with Crippen LogP contribution in [0.3, 0.4) is 0 Å². The maximum Gasteiger partial charge on any atom is 0.426 e. The first kappa shape index (κ1) is 12.5. The van der Waals surface area contributed by atoms with Crippen LogP contribution in [-0.4, -0.2) is 11.5 Å². The second-order valence-electron chi connectivity index (χ2n) is 3.17. The summed E-state index contributed by atoms with van der Waals surface area (Å²) in [6.45, 7) is 0.313. The van der Waals surface area contributed by atoms with Crippen molar-refractivity contribution in [1.82, 2.24) is 0 Å². The Balaban J connectivity index is 2.81. The van der Waals surface area contributed by atoms with Gasteiger partial charge in [-0.2, -0.15) is 0 Å². The minimum Gasteiger partial charge on any atom is -0.486 e. The van der Waals surface area contributed by atoms with Gasteiger partial charge in [0.15, 0.2) is 4.98 Å². The van der Waals surface area contributed by atoms with Crippen molar-refractivity contribution in [3.05, 3.63) is 33.3 Å². The van der Waals surface area contributed by atoms with Crippen molar-refractivity contribution in [1.29, 1.82) is 5.39 Å². The zero-order chi connectivity index (χ0) is 12.7. The summed E-state index contributed by atoms with van der Waals surface area (Å²) in [6, 6.07) is 3.77. The molecule has 1 aromatic rings. The predicted molar refractivity (Wildman–Crippen MR) is 61.4 cm³/mol. The molecule has 0 aliphatic rings. The van der Waals surface area contributed by atoms with E-state index >= 15 is 0 Å². The van der Waals surface area contributed by atoms with Crippen molar-refractivity contribution >= 4 is 11.4 Å². The number of rotatable bonds is 5. The molecule has 0 aromatic heterocycles. The quantitative estimate of drug-likeness (QED) is 0.257. The fraction of sp³-hybridized carbons (Fsp3) is 0.273. The van der Waals surface area contributed by atoms with Gasteiger partial charge in [-0.1, -0.05) is 0 Å². The van der Waals surface area contributed by atoms with Gasteiger partial charge >= 0.3 is 5.69 Å². The topological polar surface area (TPSA) is 80.5 Å². The standard InChI is InChI=1S/C11H10N3O3/c1-2-3-4-7-17-11-8-9(14(15)16)5-6-10(11)13-12/h1,5-6,8H,3-4,7H2/q+1. The van der Waals surface area contributed by atoms with Crippen LogP contribution < -0.4 is 4.74 Å². The first-order valence-electron chi connectivity index (χ1n) is 4.89. The molecule has 17 heavy (non-hydrogen) atoms. The number of unbranched alkanes of at least 4 members (excludes halogenated alkanes) is 1. The molecule has 0 unspecified atom stereocenters. The van der Waals surface area contributed by atoms with Crippen LogP contribution in [-0.2, 0) is 0 Å². The number of benzene rings is 1. The van der Waals surface area contributed by atoms with E-state index in [2.05, 4.69) is 10.9 Å². The van der Waals surface area contributed by atoms with Gasteiger partial charge in [0.25, 0.3) is 5.69 Å². The Morgan fingerprint density at radius 1 is 1.59 bits per heavy atom. The van der Waals surface area contributed by atoms with Crippen molar-refractivity contribution in [2.75, 3.05) is 6.61 Å². The Morgan fingerprint density at radius 2 is 2.35 bits per heavy atom. The number of nitro groups is 1. The summed E-state index contributed by atoms with van der Waals surface area (Å²) >= 11 is 0. The SMILES string of the molecule is C#CCCCOc1cc([N+](=O)[O-])ccc1[N+]#N. The van der Waals surface area contributed by atoms with Crippen LogP contribution in [0.1, 0.15) is 12.8 Å². The van der Waals surface area contributed by atoms with Gasteiger partial charge in [-0.15, -0.1) is 12.3 Å². The Labute approximate surface area is 98.0 Å². The van der Waals surface area contributed by atoms with Gasteiger partial charge in [-0.05, 0) is 6.42 Å². The lowest BCUT2D eigenvalue weighted by atomic mass is 10.2. The van der Waals surface area contributed by atoms with Crippen LogP contribution >= 0.6 is 0 Å². The van der Waals surface area contributed by atoms with E-state index in [1.54, 1.807) is 0 Å². The average molecular weight is 232 g/mol. The third-order valence-corrected chi connectivity index (χ3v) is 1.98. The third kappa shape index (κ3) is 3.47. The second-order valence-corrected chi connectivity index (χ2v) is 3.17. The maximum absolute atomic E-state index is 10.6. The molecule has 0 N–H and O–H groups in total. The zero-order valence-corrected chi connectivity index (χ0v) is 9.00. The van der Waals surface area contributed by atoms with Crippen LogP contribution in [0, 0.1) is 27.9 Å². The van der Waals surface area contributed by atoms with Crippen molar-refractivity contribution in [3.63, 3.8) is 0 Å². The van der Waals surface area contributed by atoms with Crippen LogP contribution in [0.5, 0.6) is 5.75 Å². The molecule has 0 saturated heterocycles. The van der Waals surface area contributed by atoms with Gasteiger partial charge in [0.1, 0.15) is 0 Å². The monoisotopic (exact) mass is 232 g/mol. The summed E-state index contributed by atoms with van der Waals surface area (Å²) < 4.78 is 5.27. The van der Waals surface area contributed by atoms with Crippen LogP contribution in [0.2, 0.25) is 0 Å². The summed E-state index contributed by atoms with van der Waals surface area (Å²) in [5, 5.41) is 19.3. The number of non-ortho nitro benzene ring substituents is 1. The molecule has 0 bridgehead atoms. The first-order valence-corrected chi connectivity index (χ1v) is 4.89. The van der Waals surface area contributed by atoms with E-state index in [4.69, 9.17) is 16.6 Å². The highest BCUT2D eigenvalue weighted by Crippen LogP contribution is 2.31. The summed E-state index contributed by atoms with van der Waals surface area (Å²) in [5.74, 6) is 2.62. The van der Waals surface area contributed by atoms with Crippen molar-refractivity contribution < 1.29 is 9.66 Å². The molecule has 0 aliphatic carbocycles. The highest BCUT2D eigenvalue weighted by Gasteiger charge is 2.19. The fourth-order valence-corrected chi connectivity index (χ4v) is 1.17. The van der Waals surface area contributed by atoms with Gasteiger partial charge < -0.3 is 4.74 Å². The molecule has 0 amide bonds. The number of hydrogen-bond donors (Lipinski definition) is 0. The first-order chi connectivity index (χ1) is 8.19. The molecule has 0 radical (unpaired) electrons. The molecule has 0 saturated carbocycles. The molecule has 0 fully saturated rings. The minimum absolute atomic E-state index is 0.121. The average Bonchev–Trinajstić information content (AvgIpc) is 2.34. The minimum atomic E-state index is -0.546. The number of diazo groups is 1. The molecule has 0 heterocycles. The second kappa shape index (κ2) is 6.09. The fourth-order valence-electron chi connectivity index (χ4n) is 1.17. The van der Waals surface area contributed by atoms with Crippen molar-refractivity contribution in [2.24, 2.45) is 0 Å². The highest BCUT2D eigenvalue weighted by molar-refractivity contribution is 5.61. The number of hydrogen-bond acceptors (Lipinski definition) is 4. The van der Waals surface area contributed by atoms with Crippen molar-refractivity contribution in [3.8, 4) is 18.1 Å². The molecule has 6 heteroatoms. The molecule has 1 aromatic carbocycles. The van der Waals surface area contributed by atoms with Crippen LogP contribution in [0.4, 0.5) is 11.4 Å². The summed E-state index contributed by atoms with van der Waals surface area (Å²) in [7, 11) is 0. The smallest absolute Gasteiger partial charge is 0.426 e. The van der Waals surface area contributed by atoms with Crippen LogP contribution in [0.15, 0.2) is 18.2 Å². The van der Waals surface area contributed by atoms with E-state index in [0.717, 1.165) is 0 Å². The molecule has 86 valence electrons. The van der Waals surface area contributed by atoms with Gasteiger partial charge in [-0.25, -0.2) is 0 Å². The molecule has 0 aliphatic heterocycles. The van der Waals surface area contributed by atoms with Gasteiger partial charge in [0.05, 0.1) is 17.6 Å². The Bertz CT molecular complexity index is 500. The number of terminal acetylenes is 1. The molecule has 1 rings (SSSR count). The van der Waals surface area contributed by atoms with E-state index in [1.807, 2.05) is 0 Å². The maximum atomic E-state index is 10.6. The van der Waals surface area contributed by atoms with E-state index in [9.17, 15) is 10.1 Å². The lowest BCUT2D eigenvalue weighted by Crippen LogP contribution is -1.97. The lowest BCUT2D eigenvalue weighted by Gasteiger charge is -2.01. The number of ether oxygens (including phenoxy) is 1. The van der Waals surface area contributed by atoms with Gasteiger partial charge in [0, 0.05) is 18.6 Å². The molecule has 0 atom stereocenters. The molecule has 0 spiro atoms. The summed E-state index contributed by atoms with van der Waals surface area (Å²) in [4.78, 5) is 13.0. The van der Waals surface area contributed by atoms with Gasteiger partial charge in [-0.3, -0.25) is 10.1 Å².